The molecule has 4 rings (SSSR count). The van der Waals surface area contributed by atoms with Crippen molar-refractivity contribution in [3.05, 3.63) is 34.7 Å². The molecule has 162 valence electrons. The normalized spacial score (nSPS) is 20.7. The molecule has 2 aliphatic rings. The molecule has 2 fully saturated rings. The van der Waals surface area contributed by atoms with Gasteiger partial charge in [-0.15, -0.1) is 11.3 Å². The maximum atomic E-state index is 12.9. The quantitative estimate of drug-likeness (QED) is 0.723. The van der Waals surface area contributed by atoms with Gasteiger partial charge in [0.2, 0.25) is 5.91 Å². The summed E-state index contributed by atoms with van der Waals surface area (Å²) in [5, 5.41) is 7.49. The van der Waals surface area contributed by atoms with Gasteiger partial charge in [-0.1, -0.05) is 37.5 Å². The summed E-state index contributed by atoms with van der Waals surface area (Å²) in [6.45, 7) is 6.18. The Morgan fingerprint density at radius 2 is 1.90 bits per heavy atom. The topological polar surface area (TPSA) is 61.4 Å². The summed E-state index contributed by atoms with van der Waals surface area (Å²) < 4.78 is 1.16. The van der Waals surface area contributed by atoms with Gasteiger partial charge in [-0.05, 0) is 56.7 Å². The van der Waals surface area contributed by atoms with E-state index in [0.29, 0.717) is 12.6 Å². The molecule has 0 radical (unpaired) electrons. The minimum atomic E-state index is 0.0229. The second-order valence-electron chi connectivity index (χ2n) is 9.09. The first-order valence-corrected chi connectivity index (χ1v) is 12.2. The molecule has 1 unspecified atom stereocenters. The Hall–Kier alpha value is -1.92. The number of rotatable bonds is 6. The number of benzene rings is 1. The van der Waals surface area contributed by atoms with Gasteiger partial charge in [-0.25, -0.2) is 0 Å². The molecule has 1 aromatic heterocycles. The Kier molecular flexibility index (Phi) is 6.74. The number of amides is 2. The third kappa shape index (κ3) is 4.86. The fourth-order valence-electron chi connectivity index (χ4n) is 4.90. The second-order valence-corrected chi connectivity index (χ2v) is 10.1. The zero-order valence-electron chi connectivity index (χ0n) is 18.1. The maximum absolute atomic E-state index is 12.9. The molecule has 2 N–H and O–H groups in total. The van der Waals surface area contributed by atoms with Crippen molar-refractivity contribution >= 4 is 33.2 Å². The number of fused-ring (bicyclic) bond motifs is 1. The van der Waals surface area contributed by atoms with Crippen LogP contribution in [0.15, 0.2) is 24.3 Å². The van der Waals surface area contributed by atoms with Gasteiger partial charge in [0.1, 0.15) is 0 Å². The molecule has 2 heterocycles. The molecule has 2 aromatic rings. The van der Waals surface area contributed by atoms with Gasteiger partial charge in [0.15, 0.2) is 0 Å². The molecule has 1 aromatic carbocycles. The zero-order chi connectivity index (χ0) is 21.1. The first kappa shape index (κ1) is 21.3. The van der Waals surface area contributed by atoms with Gasteiger partial charge >= 0.3 is 0 Å². The van der Waals surface area contributed by atoms with E-state index >= 15 is 0 Å². The first-order chi connectivity index (χ1) is 14.5. The van der Waals surface area contributed by atoms with Crippen molar-refractivity contribution in [2.45, 2.75) is 70.4 Å². The monoisotopic (exact) mass is 427 g/mol. The summed E-state index contributed by atoms with van der Waals surface area (Å²) in [6.07, 6.45) is 6.96. The van der Waals surface area contributed by atoms with Crippen molar-refractivity contribution in [2.75, 3.05) is 19.6 Å². The van der Waals surface area contributed by atoms with Crippen LogP contribution in [0.3, 0.4) is 0 Å². The number of carbonyl (C=O) groups excluding carboxylic acids is 2. The molecular weight excluding hydrogens is 394 g/mol. The number of hydrogen-bond donors (Lipinski definition) is 2. The van der Waals surface area contributed by atoms with Gasteiger partial charge < -0.3 is 10.6 Å². The van der Waals surface area contributed by atoms with E-state index in [9.17, 15) is 9.59 Å². The molecule has 5 nitrogen and oxygen atoms in total. The lowest BCUT2D eigenvalue weighted by atomic mass is 9.95. The summed E-state index contributed by atoms with van der Waals surface area (Å²) in [6, 6.07) is 8.78. The van der Waals surface area contributed by atoms with Crippen LogP contribution >= 0.6 is 11.3 Å². The molecule has 1 saturated carbocycles. The molecule has 0 bridgehead atoms. The summed E-state index contributed by atoms with van der Waals surface area (Å²) in [7, 11) is 0. The summed E-state index contributed by atoms with van der Waals surface area (Å²) in [5.41, 5.74) is 1.17. The Balaban J connectivity index is 1.46. The smallest absolute Gasteiger partial charge is 0.261 e. The highest BCUT2D eigenvalue weighted by molar-refractivity contribution is 7.21. The van der Waals surface area contributed by atoms with Crippen LogP contribution in [0.1, 0.15) is 73.5 Å². The summed E-state index contributed by atoms with van der Waals surface area (Å²) >= 11 is 1.59. The molecule has 1 aliphatic heterocycles. The van der Waals surface area contributed by atoms with E-state index in [-0.39, 0.29) is 23.8 Å². The van der Waals surface area contributed by atoms with E-state index in [1.54, 1.807) is 11.3 Å². The molecule has 6 heteroatoms. The van der Waals surface area contributed by atoms with Crippen molar-refractivity contribution in [1.29, 1.82) is 0 Å². The lowest BCUT2D eigenvalue weighted by molar-refractivity contribution is -0.122. The Bertz CT molecular complexity index is 901. The second kappa shape index (κ2) is 9.48. The van der Waals surface area contributed by atoms with Crippen LogP contribution in [0.2, 0.25) is 0 Å². The highest BCUT2D eigenvalue weighted by Gasteiger charge is 2.31. The van der Waals surface area contributed by atoms with E-state index in [1.807, 2.05) is 26.0 Å². The first-order valence-electron chi connectivity index (χ1n) is 11.3. The van der Waals surface area contributed by atoms with Crippen molar-refractivity contribution in [1.82, 2.24) is 15.5 Å². The van der Waals surface area contributed by atoms with Gasteiger partial charge in [0.25, 0.3) is 5.91 Å². The van der Waals surface area contributed by atoms with Crippen LogP contribution in [0.25, 0.3) is 10.1 Å². The molecule has 1 aliphatic carbocycles. The van der Waals surface area contributed by atoms with Gasteiger partial charge in [-0.2, -0.15) is 0 Å². The zero-order valence-corrected chi connectivity index (χ0v) is 18.9. The predicted octanol–water partition coefficient (Wildman–Crippen LogP) is 4.28. The molecule has 0 spiro atoms. The number of hydrogen-bond acceptors (Lipinski definition) is 4. The van der Waals surface area contributed by atoms with E-state index in [2.05, 4.69) is 27.7 Å². The van der Waals surface area contributed by atoms with Crippen LogP contribution in [-0.2, 0) is 4.79 Å². The molecule has 30 heavy (non-hydrogen) atoms. The predicted molar refractivity (Wildman–Crippen MR) is 123 cm³/mol. The Morgan fingerprint density at radius 3 is 2.67 bits per heavy atom. The SMILES string of the molecule is CC(C)NC(=O)c1sc2ccccc2c1C1CCN(CC(=O)NC2CCCCC2)C1. The lowest BCUT2D eigenvalue weighted by Gasteiger charge is -2.24. The van der Waals surface area contributed by atoms with Crippen molar-refractivity contribution < 1.29 is 9.59 Å². The average Bonchev–Trinajstić information content (AvgIpc) is 3.32. The average molecular weight is 428 g/mol. The third-order valence-corrected chi connectivity index (χ3v) is 7.46. The largest absolute Gasteiger partial charge is 0.352 e. The number of thiophene rings is 1. The van der Waals surface area contributed by atoms with E-state index in [1.165, 1.54) is 30.2 Å². The maximum Gasteiger partial charge on any atom is 0.261 e. The number of carbonyl (C=O) groups is 2. The highest BCUT2D eigenvalue weighted by atomic mass is 32.1. The number of nitrogens with one attached hydrogen (secondary N) is 2. The number of likely N-dealkylation sites (tertiary alicyclic amines) is 1. The van der Waals surface area contributed by atoms with Crippen LogP contribution < -0.4 is 10.6 Å². The molecular formula is C24H33N3O2S. The summed E-state index contributed by atoms with van der Waals surface area (Å²) in [4.78, 5) is 28.5. The van der Waals surface area contributed by atoms with Crippen LogP contribution in [0.5, 0.6) is 0 Å². The minimum absolute atomic E-state index is 0.0229. The summed E-state index contributed by atoms with van der Waals surface area (Å²) in [5.74, 6) is 0.460. The standard InChI is InChI=1S/C24H33N3O2S/c1-16(2)25-24(29)23-22(19-10-6-7-11-20(19)30-23)17-12-13-27(14-17)15-21(28)26-18-8-4-3-5-9-18/h6-7,10-11,16-18H,3-5,8-9,12-15H2,1-2H3,(H,25,29)(H,26,28). The fraction of sp³-hybridized carbons (Fsp3) is 0.583. The lowest BCUT2D eigenvalue weighted by Crippen LogP contribution is -2.42. The highest BCUT2D eigenvalue weighted by Crippen LogP contribution is 2.40. The van der Waals surface area contributed by atoms with Crippen molar-refractivity contribution in [3.8, 4) is 0 Å². The third-order valence-electron chi connectivity index (χ3n) is 6.28. The fourth-order valence-corrected chi connectivity index (χ4v) is 6.10. The van der Waals surface area contributed by atoms with Gasteiger partial charge in [-0.3, -0.25) is 14.5 Å². The molecule has 2 amide bonds. The van der Waals surface area contributed by atoms with Gasteiger partial charge in [0, 0.05) is 29.2 Å². The Morgan fingerprint density at radius 1 is 1.13 bits per heavy atom. The van der Waals surface area contributed by atoms with E-state index in [0.717, 1.165) is 41.9 Å². The van der Waals surface area contributed by atoms with Gasteiger partial charge in [0.05, 0.1) is 11.4 Å². The molecule has 1 saturated heterocycles. The van der Waals surface area contributed by atoms with Crippen LogP contribution in [0, 0.1) is 0 Å². The minimum Gasteiger partial charge on any atom is -0.352 e. The molecule has 1 atom stereocenters. The van der Waals surface area contributed by atoms with Crippen molar-refractivity contribution in [2.24, 2.45) is 0 Å². The van der Waals surface area contributed by atoms with E-state index in [4.69, 9.17) is 0 Å². The van der Waals surface area contributed by atoms with E-state index < -0.39 is 0 Å². The number of nitrogens with zero attached hydrogens (tertiary/aromatic N) is 1. The van der Waals surface area contributed by atoms with Crippen molar-refractivity contribution in [3.63, 3.8) is 0 Å². The Labute approximate surface area is 183 Å². The van der Waals surface area contributed by atoms with Crippen LogP contribution in [0.4, 0.5) is 0 Å². The van der Waals surface area contributed by atoms with Crippen LogP contribution in [-0.4, -0.2) is 48.4 Å².